The molecule has 0 spiro atoms. The summed E-state index contributed by atoms with van der Waals surface area (Å²) in [6, 6.07) is 0.746. The molecule has 1 aliphatic rings. The zero-order chi connectivity index (χ0) is 12.7. The molecular formula is C16H33N. The summed E-state index contributed by atoms with van der Waals surface area (Å²) in [5.74, 6) is 2.65. The van der Waals surface area contributed by atoms with Gasteiger partial charge in [0, 0.05) is 6.04 Å². The lowest BCUT2D eigenvalue weighted by Crippen LogP contribution is -2.38. The van der Waals surface area contributed by atoms with E-state index >= 15 is 0 Å². The average molecular weight is 239 g/mol. The van der Waals surface area contributed by atoms with Crippen LogP contribution in [0.4, 0.5) is 0 Å². The van der Waals surface area contributed by atoms with Gasteiger partial charge in [-0.15, -0.1) is 0 Å². The molecule has 2 unspecified atom stereocenters. The van der Waals surface area contributed by atoms with Gasteiger partial charge < -0.3 is 5.32 Å². The first kappa shape index (κ1) is 15.0. The van der Waals surface area contributed by atoms with E-state index in [4.69, 9.17) is 0 Å². The third-order valence-corrected chi connectivity index (χ3v) is 4.70. The van der Waals surface area contributed by atoms with Crippen LogP contribution in [0.15, 0.2) is 0 Å². The van der Waals surface area contributed by atoms with Gasteiger partial charge in [-0.3, -0.25) is 0 Å². The fraction of sp³-hybridized carbons (Fsp3) is 1.00. The quantitative estimate of drug-likeness (QED) is 0.652. The van der Waals surface area contributed by atoms with E-state index < -0.39 is 0 Å². The second kappa shape index (κ2) is 8.13. The van der Waals surface area contributed by atoms with Gasteiger partial charge in [0.15, 0.2) is 0 Å². The van der Waals surface area contributed by atoms with Crippen molar-refractivity contribution in [3.8, 4) is 0 Å². The highest BCUT2D eigenvalue weighted by Crippen LogP contribution is 2.30. The van der Waals surface area contributed by atoms with Crippen LogP contribution in [-0.2, 0) is 0 Å². The van der Waals surface area contributed by atoms with Crippen molar-refractivity contribution in [3.63, 3.8) is 0 Å². The molecule has 1 rings (SSSR count). The Labute approximate surface area is 109 Å². The highest BCUT2D eigenvalue weighted by atomic mass is 14.9. The maximum atomic E-state index is 3.77. The van der Waals surface area contributed by atoms with E-state index in [0.29, 0.717) is 0 Å². The van der Waals surface area contributed by atoms with Crippen molar-refractivity contribution in [2.75, 3.05) is 6.54 Å². The normalized spacial score (nSPS) is 21.0. The van der Waals surface area contributed by atoms with Crippen LogP contribution in [0.25, 0.3) is 0 Å². The van der Waals surface area contributed by atoms with E-state index in [-0.39, 0.29) is 0 Å². The van der Waals surface area contributed by atoms with Gasteiger partial charge in [-0.25, -0.2) is 0 Å². The Morgan fingerprint density at radius 3 is 2.29 bits per heavy atom. The summed E-state index contributed by atoms with van der Waals surface area (Å²) in [6.07, 6.45) is 10.1. The largest absolute Gasteiger partial charge is 0.314 e. The molecule has 0 amide bonds. The predicted octanol–water partition coefficient (Wildman–Crippen LogP) is 4.62. The lowest BCUT2D eigenvalue weighted by molar-refractivity contribution is 0.269. The molecule has 102 valence electrons. The van der Waals surface area contributed by atoms with Gasteiger partial charge >= 0.3 is 0 Å². The first-order chi connectivity index (χ1) is 8.15. The molecule has 0 heterocycles. The van der Waals surface area contributed by atoms with E-state index in [1.807, 2.05) is 0 Å². The molecule has 17 heavy (non-hydrogen) atoms. The molecule has 0 aromatic rings. The summed E-state index contributed by atoms with van der Waals surface area (Å²) < 4.78 is 0. The second-order valence-corrected chi connectivity index (χ2v) is 6.39. The van der Waals surface area contributed by atoms with Crippen LogP contribution >= 0.6 is 0 Å². The average Bonchev–Trinajstić information content (AvgIpc) is 2.81. The summed E-state index contributed by atoms with van der Waals surface area (Å²) in [5.41, 5.74) is 0. The van der Waals surface area contributed by atoms with Crippen molar-refractivity contribution < 1.29 is 0 Å². The van der Waals surface area contributed by atoms with E-state index in [1.165, 1.54) is 51.5 Å². The van der Waals surface area contributed by atoms with Gasteiger partial charge in [0.25, 0.3) is 0 Å². The first-order valence-corrected chi connectivity index (χ1v) is 7.88. The van der Waals surface area contributed by atoms with Crippen molar-refractivity contribution in [2.24, 2.45) is 17.8 Å². The van der Waals surface area contributed by atoms with Crippen LogP contribution < -0.4 is 5.32 Å². The topological polar surface area (TPSA) is 12.0 Å². The molecule has 0 radical (unpaired) electrons. The van der Waals surface area contributed by atoms with Crippen LogP contribution in [0, 0.1) is 17.8 Å². The van der Waals surface area contributed by atoms with E-state index in [0.717, 1.165) is 23.8 Å². The maximum absolute atomic E-state index is 3.77. The minimum absolute atomic E-state index is 0.746. The summed E-state index contributed by atoms with van der Waals surface area (Å²) in [4.78, 5) is 0. The number of hydrogen-bond acceptors (Lipinski definition) is 1. The molecule has 1 nitrogen and oxygen atoms in total. The van der Waals surface area contributed by atoms with Gasteiger partial charge in [-0.2, -0.15) is 0 Å². The highest BCUT2D eigenvalue weighted by Gasteiger charge is 2.22. The Bertz CT molecular complexity index is 182. The third kappa shape index (κ3) is 5.42. The molecular weight excluding hydrogens is 206 g/mol. The van der Waals surface area contributed by atoms with E-state index in [9.17, 15) is 0 Å². The van der Waals surface area contributed by atoms with Crippen molar-refractivity contribution in [2.45, 2.75) is 78.7 Å². The van der Waals surface area contributed by atoms with Gasteiger partial charge in [0.05, 0.1) is 0 Å². The molecule has 1 saturated carbocycles. The molecule has 1 heteroatoms. The molecule has 0 aromatic heterocycles. The molecule has 0 bridgehead atoms. The Morgan fingerprint density at radius 2 is 1.76 bits per heavy atom. The molecule has 1 aliphatic carbocycles. The Morgan fingerprint density at radius 1 is 1.12 bits per heavy atom. The summed E-state index contributed by atoms with van der Waals surface area (Å²) in [7, 11) is 0. The molecule has 1 fully saturated rings. The van der Waals surface area contributed by atoms with Gasteiger partial charge in [0.2, 0.25) is 0 Å². The Hall–Kier alpha value is -0.0400. The number of rotatable bonds is 8. The second-order valence-electron chi connectivity index (χ2n) is 6.39. The fourth-order valence-electron chi connectivity index (χ4n) is 3.06. The van der Waals surface area contributed by atoms with Crippen LogP contribution in [0.5, 0.6) is 0 Å². The standard InChI is InChI=1S/C16H33N/c1-5-12-17-16(14(4)13(2)3)11-10-15-8-6-7-9-15/h13-17H,5-12H2,1-4H3. The highest BCUT2D eigenvalue weighted by molar-refractivity contribution is 4.78. The van der Waals surface area contributed by atoms with Crippen LogP contribution in [0.2, 0.25) is 0 Å². The monoisotopic (exact) mass is 239 g/mol. The van der Waals surface area contributed by atoms with Crippen molar-refractivity contribution in [1.82, 2.24) is 5.32 Å². The molecule has 0 aromatic carbocycles. The Balaban J connectivity index is 2.33. The molecule has 0 saturated heterocycles. The number of nitrogens with one attached hydrogen (secondary N) is 1. The van der Waals surface area contributed by atoms with Crippen molar-refractivity contribution >= 4 is 0 Å². The maximum Gasteiger partial charge on any atom is 0.00952 e. The minimum Gasteiger partial charge on any atom is -0.314 e. The summed E-state index contributed by atoms with van der Waals surface area (Å²) >= 11 is 0. The SMILES string of the molecule is CCCNC(CCC1CCCC1)C(C)C(C)C. The molecule has 1 N–H and O–H groups in total. The van der Waals surface area contributed by atoms with Gasteiger partial charge in [-0.05, 0) is 43.6 Å². The van der Waals surface area contributed by atoms with Crippen molar-refractivity contribution in [1.29, 1.82) is 0 Å². The lowest BCUT2D eigenvalue weighted by atomic mass is 9.85. The van der Waals surface area contributed by atoms with Gasteiger partial charge in [0.1, 0.15) is 0 Å². The molecule has 2 atom stereocenters. The van der Waals surface area contributed by atoms with Crippen molar-refractivity contribution in [3.05, 3.63) is 0 Å². The van der Waals surface area contributed by atoms with Crippen LogP contribution in [0.1, 0.15) is 72.6 Å². The van der Waals surface area contributed by atoms with E-state index in [2.05, 4.69) is 33.0 Å². The summed E-state index contributed by atoms with van der Waals surface area (Å²) in [5, 5.41) is 3.77. The third-order valence-electron chi connectivity index (χ3n) is 4.70. The zero-order valence-corrected chi connectivity index (χ0v) is 12.5. The summed E-state index contributed by atoms with van der Waals surface area (Å²) in [6.45, 7) is 10.6. The fourth-order valence-corrected chi connectivity index (χ4v) is 3.06. The number of hydrogen-bond donors (Lipinski definition) is 1. The first-order valence-electron chi connectivity index (χ1n) is 7.88. The smallest absolute Gasteiger partial charge is 0.00952 e. The van der Waals surface area contributed by atoms with Crippen LogP contribution in [-0.4, -0.2) is 12.6 Å². The lowest BCUT2D eigenvalue weighted by Gasteiger charge is -2.29. The predicted molar refractivity (Wildman–Crippen MR) is 77.3 cm³/mol. The molecule has 0 aliphatic heterocycles. The minimum atomic E-state index is 0.746. The van der Waals surface area contributed by atoms with E-state index in [1.54, 1.807) is 0 Å². The Kier molecular flexibility index (Phi) is 7.18. The van der Waals surface area contributed by atoms with Crippen LogP contribution in [0.3, 0.4) is 0 Å². The zero-order valence-electron chi connectivity index (χ0n) is 12.5. The van der Waals surface area contributed by atoms with Gasteiger partial charge in [-0.1, -0.05) is 53.4 Å².